The normalized spacial score (nSPS) is 13.6. The van der Waals surface area contributed by atoms with Gasteiger partial charge in [0.25, 0.3) is 0 Å². The van der Waals surface area contributed by atoms with E-state index in [0.717, 1.165) is 41.3 Å². The molecule has 0 fully saturated rings. The van der Waals surface area contributed by atoms with Crippen molar-refractivity contribution >= 4 is 23.1 Å². The first-order valence-electron chi connectivity index (χ1n) is 8.39. The molecule has 0 saturated carbocycles. The van der Waals surface area contributed by atoms with Gasteiger partial charge in [-0.15, -0.1) is 0 Å². The Kier molecular flexibility index (Phi) is 3.80. The largest absolute Gasteiger partial charge is 0.338 e. The van der Waals surface area contributed by atoms with Gasteiger partial charge in [0.05, 0.1) is 5.52 Å². The van der Waals surface area contributed by atoms with Crippen molar-refractivity contribution in [2.45, 2.75) is 19.9 Å². The molecule has 1 amide bonds. The molecule has 0 N–H and O–H groups in total. The van der Waals surface area contributed by atoms with E-state index in [1.165, 1.54) is 11.1 Å². The summed E-state index contributed by atoms with van der Waals surface area (Å²) in [4.78, 5) is 29.3. The summed E-state index contributed by atoms with van der Waals surface area (Å²) in [6, 6.07) is 15.9. The van der Waals surface area contributed by atoms with Gasteiger partial charge in [-0.05, 0) is 40.8 Å². The lowest BCUT2D eigenvalue weighted by Gasteiger charge is -2.29. The van der Waals surface area contributed by atoms with E-state index in [-0.39, 0.29) is 5.91 Å². The van der Waals surface area contributed by atoms with Crippen LogP contribution in [0, 0.1) is 0 Å². The van der Waals surface area contributed by atoms with Gasteiger partial charge in [0.15, 0.2) is 6.29 Å². The van der Waals surface area contributed by atoms with Gasteiger partial charge < -0.3 is 4.90 Å². The SMILES string of the molecule is CC(=O)N1CCc2c(cccc2-c2cc(C=O)nc3ccccc23)C1. The first kappa shape index (κ1) is 15.5. The lowest BCUT2D eigenvalue weighted by Crippen LogP contribution is -2.34. The highest BCUT2D eigenvalue weighted by Gasteiger charge is 2.21. The number of aromatic nitrogens is 1. The van der Waals surface area contributed by atoms with Crippen molar-refractivity contribution in [2.75, 3.05) is 6.54 Å². The molecule has 2 aromatic carbocycles. The minimum atomic E-state index is 0.105. The highest BCUT2D eigenvalue weighted by atomic mass is 16.2. The Morgan fingerprint density at radius 3 is 2.76 bits per heavy atom. The average Bonchev–Trinajstić information content (AvgIpc) is 2.66. The number of para-hydroxylation sites is 1. The number of fused-ring (bicyclic) bond motifs is 2. The van der Waals surface area contributed by atoms with E-state index in [2.05, 4.69) is 17.1 Å². The molecule has 0 unspecified atom stereocenters. The van der Waals surface area contributed by atoms with Gasteiger partial charge in [0.2, 0.25) is 5.91 Å². The molecule has 1 aliphatic heterocycles. The van der Waals surface area contributed by atoms with Gasteiger partial charge in [0, 0.05) is 25.4 Å². The number of aldehydes is 1. The summed E-state index contributed by atoms with van der Waals surface area (Å²) < 4.78 is 0. The number of benzene rings is 2. The molecule has 0 radical (unpaired) electrons. The number of carbonyl (C=O) groups is 2. The Morgan fingerprint density at radius 2 is 1.96 bits per heavy atom. The molecule has 3 aromatic rings. The summed E-state index contributed by atoms with van der Waals surface area (Å²) >= 11 is 0. The molecule has 0 aliphatic carbocycles. The predicted octanol–water partition coefficient (Wildman–Crippen LogP) is 3.62. The molecule has 0 spiro atoms. The third-order valence-electron chi connectivity index (χ3n) is 4.86. The number of carbonyl (C=O) groups excluding carboxylic acids is 2. The highest BCUT2D eigenvalue weighted by Crippen LogP contribution is 2.34. The molecule has 4 rings (SSSR count). The second kappa shape index (κ2) is 6.13. The van der Waals surface area contributed by atoms with Crippen LogP contribution in [0.25, 0.3) is 22.0 Å². The molecule has 4 heteroatoms. The molecule has 0 bridgehead atoms. The van der Waals surface area contributed by atoms with Crippen LogP contribution < -0.4 is 0 Å². The molecule has 1 aliphatic rings. The number of nitrogens with zero attached hydrogens (tertiary/aromatic N) is 2. The molecular weight excluding hydrogens is 312 g/mol. The lowest BCUT2D eigenvalue weighted by atomic mass is 9.89. The summed E-state index contributed by atoms with van der Waals surface area (Å²) in [6.07, 6.45) is 1.61. The Balaban J connectivity index is 1.92. The van der Waals surface area contributed by atoms with Gasteiger partial charge in [-0.25, -0.2) is 4.98 Å². The monoisotopic (exact) mass is 330 g/mol. The fourth-order valence-electron chi connectivity index (χ4n) is 3.61. The highest BCUT2D eigenvalue weighted by molar-refractivity contribution is 5.98. The van der Waals surface area contributed by atoms with E-state index >= 15 is 0 Å². The Bertz CT molecular complexity index is 994. The zero-order valence-electron chi connectivity index (χ0n) is 14.0. The zero-order valence-corrected chi connectivity index (χ0v) is 14.0. The number of hydrogen-bond donors (Lipinski definition) is 0. The van der Waals surface area contributed by atoms with E-state index in [9.17, 15) is 9.59 Å². The number of rotatable bonds is 2. The molecule has 25 heavy (non-hydrogen) atoms. The molecule has 4 nitrogen and oxygen atoms in total. The Labute approximate surface area is 146 Å². The summed E-state index contributed by atoms with van der Waals surface area (Å²) in [5.41, 5.74) is 5.84. The van der Waals surface area contributed by atoms with Crippen LogP contribution >= 0.6 is 0 Å². The lowest BCUT2D eigenvalue weighted by molar-refractivity contribution is -0.129. The van der Waals surface area contributed by atoms with Gasteiger partial charge >= 0.3 is 0 Å². The molecule has 1 aromatic heterocycles. The van der Waals surface area contributed by atoms with Crippen LogP contribution in [0.15, 0.2) is 48.5 Å². The van der Waals surface area contributed by atoms with E-state index in [1.54, 1.807) is 6.92 Å². The van der Waals surface area contributed by atoms with Crippen LogP contribution in [-0.2, 0) is 17.8 Å². The maximum atomic E-state index is 11.7. The van der Waals surface area contributed by atoms with Gasteiger partial charge in [-0.3, -0.25) is 9.59 Å². The van der Waals surface area contributed by atoms with Crippen molar-refractivity contribution in [2.24, 2.45) is 0 Å². The molecular formula is C21H18N2O2. The number of hydrogen-bond acceptors (Lipinski definition) is 3. The number of pyridine rings is 1. The molecule has 2 heterocycles. The smallest absolute Gasteiger partial charge is 0.219 e. The second-order valence-corrected chi connectivity index (χ2v) is 6.36. The van der Waals surface area contributed by atoms with Crippen molar-refractivity contribution in [3.8, 4) is 11.1 Å². The van der Waals surface area contributed by atoms with Crippen molar-refractivity contribution in [1.29, 1.82) is 0 Å². The van der Waals surface area contributed by atoms with Gasteiger partial charge in [0.1, 0.15) is 5.69 Å². The van der Waals surface area contributed by atoms with Crippen LogP contribution in [0.2, 0.25) is 0 Å². The van der Waals surface area contributed by atoms with Crippen molar-refractivity contribution in [1.82, 2.24) is 9.88 Å². The summed E-state index contributed by atoms with van der Waals surface area (Å²) in [5, 5.41) is 1.04. The van der Waals surface area contributed by atoms with E-state index in [4.69, 9.17) is 0 Å². The zero-order chi connectivity index (χ0) is 17.4. The quantitative estimate of drug-likeness (QED) is 0.674. The first-order chi connectivity index (χ1) is 12.2. The van der Waals surface area contributed by atoms with Crippen molar-refractivity contribution < 1.29 is 9.59 Å². The van der Waals surface area contributed by atoms with E-state index < -0.39 is 0 Å². The third-order valence-corrected chi connectivity index (χ3v) is 4.86. The Morgan fingerprint density at radius 1 is 1.12 bits per heavy atom. The van der Waals surface area contributed by atoms with Crippen LogP contribution in [0.1, 0.15) is 28.5 Å². The van der Waals surface area contributed by atoms with E-state index in [1.807, 2.05) is 41.3 Å². The topological polar surface area (TPSA) is 50.3 Å². The maximum Gasteiger partial charge on any atom is 0.219 e. The summed E-state index contributed by atoms with van der Waals surface area (Å²) in [6.45, 7) is 2.98. The summed E-state index contributed by atoms with van der Waals surface area (Å²) in [7, 11) is 0. The van der Waals surface area contributed by atoms with Gasteiger partial charge in [-0.1, -0.05) is 36.4 Å². The van der Waals surface area contributed by atoms with Crippen LogP contribution in [0.4, 0.5) is 0 Å². The van der Waals surface area contributed by atoms with Crippen molar-refractivity contribution in [3.63, 3.8) is 0 Å². The standard InChI is InChI=1S/C21H18N2O2/c1-14(25)23-10-9-17-15(12-23)5-4-7-18(17)20-11-16(13-24)22-21-8-3-2-6-19(20)21/h2-8,11,13H,9-10,12H2,1H3. The van der Waals surface area contributed by atoms with Crippen molar-refractivity contribution in [3.05, 3.63) is 65.4 Å². The minimum absolute atomic E-state index is 0.105. The molecule has 0 atom stereocenters. The van der Waals surface area contributed by atoms with Crippen LogP contribution in [0.5, 0.6) is 0 Å². The Hall–Kier alpha value is -3.01. The molecule has 0 saturated heterocycles. The van der Waals surface area contributed by atoms with Crippen LogP contribution in [-0.4, -0.2) is 28.6 Å². The summed E-state index contributed by atoms with van der Waals surface area (Å²) in [5.74, 6) is 0.105. The fourth-order valence-corrected chi connectivity index (χ4v) is 3.61. The molecule has 124 valence electrons. The fraction of sp³-hybridized carbons (Fsp3) is 0.190. The van der Waals surface area contributed by atoms with Crippen LogP contribution in [0.3, 0.4) is 0 Å². The minimum Gasteiger partial charge on any atom is -0.338 e. The first-order valence-corrected chi connectivity index (χ1v) is 8.39. The second-order valence-electron chi connectivity index (χ2n) is 6.36. The third kappa shape index (κ3) is 2.70. The predicted molar refractivity (Wildman–Crippen MR) is 97.4 cm³/mol. The van der Waals surface area contributed by atoms with E-state index in [0.29, 0.717) is 12.2 Å². The van der Waals surface area contributed by atoms with Gasteiger partial charge in [-0.2, -0.15) is 0 Å². The average molecular weight is 330 g/mol. The number of amides is 1. The maximum absolute atomic E-state index is 11.7.